The van der Waals surface area contributed by atoms with E-state index in [1.807, 2.05) is 18.3 Å². The van der Waals surface area contributed by atoms with Crippen LogP contribution in [0.15, 0.2) is 24.5 Å². The molecule has 9 heteroatoms. The zero-order chi connectivity index (χ0) is 18.4. The summed E-state index contributed by atoms with van der Waals surface area (Å²) < 4.78 is 11.1. The Balaban J connectivity index is 1.95. The standard InChI is InChI=1S/C16H24N3O5P/c1-12(20)18-15(6-10-25(22,23)24)16(21)19-8-4-13(5-9-19)14-3-2-7-17-11-14/h2-3,7,11,13,15H,4-6,8-10H2,1H3,(H,18,20)(H2,22,23,24). The molecule has 2 amide bonds. The molecule has 1 unspecified atom stereocenters. The highest BCUT2D eigenvalue weighted by Crippen LogP contribution is 2.35. The lowest BCUT2D eigenvalue weighted by Gasteiger charge is -2.34. The van der Waals surface area contributed by atoms with Gasteiger partial charge in [-0.3, -0.25) is 19.1 Å². The van der Waals surface area contributed by atoms with Crippen LogP contribution >= 0.6 is 7.60 Å². The average Bonchev–Trinajstić information content (AvgIpc) is 2.58. The molecule has 2 rings (SSSR count). The maximum absolute atomic E-state index is 12.6. The fourth-order valence-corrected chi connectivity index (χ4v) is 3.67. The van der Waals surface area contributed by atoms with Gasteiger partial charge in [0.05, 0.1) is 6.16 Å². The highest BCUT2D eigenvalue weighted by molar-refractivity contribution is 7.51. The zero-order valence-electron chi connectivity index (χ0n) is 14.2. The predicted octanol–water partition coefficient (Wildman–Crippen LogP) is 0.860. The van der Waals surface area contributed by atoms with Crippen molar-refractivity contribution in [2.45, 2.75) is 38.1 Å². The monoisotopic (exact) mass is 369 g/mol. The molecule has 1 fully saturated rings. The van der Waals surface area contributed by atoms with E-state index in [-0.39, 0.29) is 12.3 Å². The summed E-state index contributed by atoms with van der Waals surface area (Å²) >= 11 is 0. The third kappa shape index (κ3) is 6.23. The zero-order valence-corrected chi connectivity index (χ0v) is 15.1. The number of rotatable bonds is 6. The van der Waals surface area contributed by atoms with E-state index in [2.05, 4.69) is 10.3 Å². The maximum Gasteiger partial charge on any atom is 0.325 e. The average molecular weight is 369 g/mol. The molecule has 1 saturated heterocycles. The first-order valence-electron chi connectivity index (χ1n) is 8.26. The Kier molecular flexibility index (Phi) is 6.70. The Hall–Kier alpha value is -1.76. The van der Waals surface area contributed by atoms with Gasteiger partial charge in [0.2, 0.25) is 11.8 Å². The van der Waals surface area contributed by atoms with Gasteiger partial charge in [-0.2, -0.15) is 0 Å². The molecule has 25 heavy (non-hydrogen) atoms. The number of nitrogens with zero attached hydrogens (tertiary/aromatic N) is 2. The summed E-state index contributed by atoms with van der Waals surface area (Å²) in [6, 6.07) is 3.01. The number of piperidine rings is 1. The lowest BCUT2D eigenvalue weighted by atomic mass is 9.90. The summed E-state index contributed by atoms with van der Waals surface area (Å²) in [7, 11) is -4.22. The van der Waals surface area contributed by atoms with Crippen molar-refractivity contribution in [1.82, 2.24) is 15.2 Å². The van der Waals surface area contributed by atoms with Crippen LogP contribution in [0.2, 0.25) is 0 Å². The second kappa shape index (κ2) is 8.56. The van der Waals surface area contributed by atoms with Crippen LogP contribution in [0.5, 0.6) is 0 Å². The van der Waals surface area contributed by atoms with Crippen LogP contribution in [0.1, 0.15) is 37.7 Å². The molecule has 8 nitrogen and oxygen atoms in total. The van der Waals surface area contributed by atoms with Gasteiger partial charge in [0.25, 0.3) is 0 Å². The van der Waals surface area contributed by atoms with Gasteiger partial charge in [-0.15, -0.1) is 0 Å². The molecule has 2 heterocycles. The molecular formula is C16H24N3O5P. The minimum Gasteiger partial charge on any atom is -0.345 e. The number of carbonyl (C=O) groups excluding carboxylic acids is 2. The van der Waals surface area contributed by atoms with Crippen LogP contribution in [0, 0.1) is 0 Å². The van der Waals surface area contributed by atoms with Crippen molar-refractivity contribution >= 4 is 19.4 Å². The van der Waals surface area contributed by atoms with E-state index in [1.54, 1.807) is 11.1 Å². The van der Waals surface area contributed by atoms with E-state index in [4.69, 9.17) is 9.79 Å². The van der Waals surface area contributed by atoms with E-state index < -0.39 is 25.7 Å². The van der Waals surface area contributed by atoms with E-state index in [0.29, 0.717) is 19.0 Å². The quantitative estimate of drug-likeness (QED) is 0.640. The second-order valence-electron chi connectivity index (χ2n) is 6.32. The smallest absolute Gasteiger partial charge is 0.325 e. The van der Waals surface area contributed by atoms with Gasteiger partial charge in [-0.25, -0.2) is 0 Å². The first kappa shape index (κ1) is 19.6. The first-order valence-corrected chi connectivity index (χ1v) is 10.1. The molecule has 1 aliphatic heterocycles. The summed E-state index contributed by atoms with van der Waals surface area (Å²) in [6.45, 7) is 2.38. The molecule has 1 aromatic heterocycles. The maximum atomic E-state index is 12.6. The molecule has 1 atom stereocenters. The van der Waals surface area contributed by atoms with Gasteiger partial charge < -0.3 is 20.0 Å². The number of nitrogens with one attached hydrogen (secondary N) is 1. The molecule has 0 radical (unpaired) electrons. The van der Waals surface area contributed by atoms with Crippen molar-refractivity contribution in [3.05, 3.63) is 30.1 Å². The highest BCUT2D eigenvalue weighted by Gasteiger charge is 2.30. The molecule has 0 aliphatic carbocycles. The second-order valence-corrected chi connectivity index (χ2v) is 8.09. The lowest BCUT2D eigenvalue weighted by molar-refractivity contribution is -0.137. The van der Waals surface area contributed by atoms with Gasteiger partial charge in [0.15, 0.2) is 0 Å². The Bertz CT molecular complexity index is 640. The van der Waals surface area contributed by atoms with Gasteiger partial charge in [-0.1, -0.05) is 6.07 Å². The summed E-state index contributed by atoms with van der Waals surface area (Å²) in [5.74, 6) is -0.338. The Morgan fingerprint density at radius 1 is 1.40 bits per heavy atom. The van der Waals surface area contributed by atoms with Crippen LogP contribution in [0.3, 0.4) is 0 Å². The van der Waals surface area contributed by atoms with Crippen LogP contribution in [-0.4, -0.2) is 56.8 Å². The summed E-state index contributed by atoms with van der Waals surface area (Å²) in [6.07, 6.45) is 4.63. The van der Waals surface area contributed by atoms with Crippen molar-refractivity contribution in [1.29, 1.82) is 0 Å². The van der Waals surface area contributed by atoms with Crippen molar-refractivity contribution in [2.75, 3.05) is 19.3 Å². The van der Waals surface area contributed by atoms with Gasteiger partial charge >= 0.3 is 7.60 Å². The van der Waals surface area contributed by atoms with Gasteiger partial charge in [0.1, 0.15) is 6.04 Å². The van der Waals surface area contributed by atoms with Crippen molar-refractivity contribution in [3.63, 3.8) is 0 Å². The van der Waals surface area contributed by atoms with Crippen molar-refractivity contribution in [3.8, 4) is 0 Å². The number of carbonyl (C=O) groups is 2. The minimum atomic E-state index is -4.22. The SMILES string of the molecule is CC(=O)NC(CCP(=O)(O)O)C(=O)N1CCC(c2cccnc2)CC1. The number of aromatic nitrogens is 1. The minimum absolute atomic E-state index is 0.0781. The molecule has 138 valence electrons. The predicted molar refractivity (Wildman–Crippen MR) is 91.9 cm³/mol. The number of amides is 2. The molecule has 0 aromatic carbocycles. The van der Waals surface area contributed by atoms with Crippen LogP contribution in [0.4, 0.5) is 0 Å². The van der Waals surface area contributed by atoms with Crippen LogP contribution < -0.4 is 5.32 Å². The third-order valence-electron chi connectivity index (χ3n) is 4.35. The largest absolute Gasteiger partial charge is 0.345 e. The number of hydrogen-bond acceptors (Lipinski definition) is 4. The van der Waals surface area contributed by atoms with E-state index in [1.165, 1.54) is 6.92 Å². The van der Waals surface area contributed by atoms with E-state index in [0.717, 1.165) is 18.4 Å². The number of likely N-dealkylation sites (tertiary alicyclic amines) is 1. The Morgan fingerprint density at radius 3 is 2.60 bits per heavy atom. The fourth-order valence-electron chi connectivity index (χ4n) is 3.07. The third-order valence-corrected chi connectivity index (χ3v) is 5.19. The first-order chi connectivity index (χ1) is 11.8. The molecule has 1 aliphatic rings. The fraction of sp³-hybridized carbons (Fsp3) is 0.562. The lowest BCUT2D eigenvalue weighted by Crippen LogP contribution is -2.50. The summed E-state index contributed by atoms with van der Waals surface area (Å²) in [5.41, 5.74) is 1.15. The van der Waals surface area contributed by atoms with E-state index >= 15 is 0 Å². The van der Waals surface area contributed by atoms with Crippen LogP contribution in [-0.2, 0) is 14.2 Å². The van der Waals surface area contributed by atoms with Gasteiger partial charge in [-0.05, 0) is 36.8 Å². The number of hydrogen-bond donors (Lipinski definition) is 3. The molecule has 3 N–H and O–H groups in total. The molecular weight excluding hydrogens is 345 g/mol. The highest BCUT2D eigenvalue weighted by atomic mass is 31.2. The van der Waals surface area contributed by atoms with Crippen molar-refractivity contribution < 1.29 is 23.9 Å². The van der Waals surface area contributed by atoms with Crippen LogP contribution in [0.25, 0.3) is 0 Å². The summed E-state index contributed by atoms with van der Waals surface area (Å²) in [5, 5.41) is 2.51. The normalized spacial score (nSPS) is 17.2. The molecule has 0 saturated carbocycles. The Morgan fingerprint density at radius 2 is 2.08 bits per heavy atom. The van der Waals surface area contributed by atoms with E-state index in [9.17, 15) is 14.2 Å². The molecule has 0 bridgehead atoms. The summed E-state index contributed by atoms with van der Waals surface area (Å²) in [4.78, 5) is 47.8. The molecule has 0 spiro atoms. The molecule has 1 aromatic rings. The number of pyridine rings is 1. The Labute approximate surface area is 146 Å². The van der Waals surface area contributed by atoms with Gasteiger partial charge in [0, 0.05) is 32.4 Å². The van der Waals surface area contributed by atoms with Crippen molar-refractivity contribution in [2.24, 2.45) is 0 Å². The topological polar surface area (TPSA) is 120 Å².